The van der Waals surface area contributed by atoms with Crippen molar-refractivity contribution < 1.29 is 21.8 Å². The first kappa shape index (κ1) is 26.5. The molecule has 0 aliphatic rings. The molecule has 0 saturated carbocycles. The van der Waals surface area contributed by atoms with E-state index in [9.17, 15) is 26.9 Å². The molecule has 0 radical (unpaired) electrons. The molecule has 0 aromatic carbocycles. The number of nitrogens with two attached hydrogens (primary N) is 1. The maximum atomic E-state index is 11.8. The van der Waals surface area contributed by atoms with Gasteiger partial charge < -0.3 is 5.73 Å². The van der Waals surface area contributed by atoms with Gasteiger partial charge in [0.1, 0.15) is 8.42 Å². The molecule has 0 saturated heterocycles. The van der Waals surface area contributed by atoms with Crippen LogP contribution in [0.2, 0.25) is 0 Å². The predicted molar refractivity (Wildman–Crippen MR) is 120 cm³/mol. The summed E-state index contributed by atoms with van der Waals surface area (Å²) in [5, 5.41) is 10.7. The van der Waals surface area contributed by atoms with E-state index < -0.39 is 36.0 Å². The summed E-state index contributed by atoms with van der Waals surface area (Å²) < 4.78 is 52.1. The molecule has 0 spiro atoms. The Labute approximate surface area is 184 Å². The third kappa shape index (κ3) is 8.65. The highest BCUT2D eigenvalue weighted by atomic mass is 32.3. The van der Waals surface area contributed by atoms with Gasteiger partial charge in [-0.2, -0.15) is 0 Å². The normalized spacial score (nSPS) is 12.9. The van der Waals surface area contributed by atoms with Gasteiger partial charge in [-0.05, 0) is 71.1 Å². The quantitative estimate of drug-likeness (QED) is 0.421. The molecule has 0 bridgehead atoms. The molecular formula is C16H26N4O6S4. The third-order valence-corrected chi connectivity index (χ3v) is 9.21. The van der Waals surface area contributed by atoms with Crippen molar-refractivity contribution in [2.45, 2.75) is 61.0 Å². The van der Waals surface area contributed by atoms with Crippen molar-refractivity contribution in [1.82, 2.24) is 9.44 Å². The molecular weight excluding hydrogens is 472 g/mol. The van der Waals surface area contributed by atoms with Gasteiger partial charge in [-0.1, -0.05) is 0 Å². The molecule has 2 rings (SSSR count). The lowest BCUT2D eigenvalue weighted by Crippen LogP contribution is -2.40. The zero-order chi connectivity index (χ0) is 23.5. The van der Waals surface area contributed by atoms with E-state index in [0.29, 0.717) is 16.3 Å². The second-order valence-electron chi connectivity index (χ2n) is 8.22. The monoisotopic (exact) mass is 498 g/mol. The summed E-state index contributed by atoms with van der Waals surface area (Å²) in [7, 11) is -7.08. The van der Waals surface area contributed by atoms with Gasteiger partial charge in [-0.3, -0.25) is 10.1 Å². The van der Waals surface area contributed by atoms with Crippen LogP contribution in [0.15, 0.2) is 32.7 Å². The van der Waals surface area contributed by atoms with Gasteiger partial charge in [0.05, 0.1) is 9.92 Å². The highest BCUT2D eigenvalue weighted by Gasteiger charge is 2.25. The van der Waals surface area contributed by atoms with E-state index in [1.54, 1.807) is 47.6 Å². The molecule has 170 valence electrons. The van der Waals surface area contributed by atoms with Crippen LogP contribution >= 0.6 is 22.7 Å². The molecule has 0 amide bonds. The summed E-state index contributed by atoms with van der Waals surface area (Å²) in [6.07, 6.45) is 0. The summed E-state index contributed by atoms with van der Waals surface area (Å²) in [4.78, 5) is 9.82. The molecule has 0 unspecified atom stereocenters. The SMILES string of the molecule is CC(C)(C)NS(=O)(=O)c1ccc(N)s1.CC(C)(C)NS(=O)(=O)c1ccc([N+](=O)[O-])s1. The molecule has 10 nitrogen and oxygen atoms in total. The van der Waals surface area contributed by atoms with Crippen molar-refractivity contribution in [3.63, 3.8) is 0 Å². The molecule has 4 N–H and O–H groups in total. The van der Waals surface area contributed by atoms with Crippen LogP contribution in [0.5, 0.6) is 0 Å². The number of nitro groups is 1. The van der Waals surface area contributed by atoms with E-state index in [-0.39, 0.29) is 13.4 Å². The van der Waals surface area contributed by atoms with Gasteiger partial charge in [0.15, 0.2) is 0 Å². The highest BCUT2D eigenvalue weighted by molar-refractivity contribution is 7.92. The minimum absolute atomic E-state index is 0.0471. The molecule has 0 atom stereocenters. The maximum Gasteiger partial charge on any atom is 0.325 e. The summed E-state index contributed by atoms with van der Waals surface area (Å²) in [5.41, 5.74) is 4.38. The Morgan fingerprint density at radius 1 is 0.833 bits per heavy atom. The molecule has 2 aromatic heterocycles. The lowest BCUT2D eigenvalue weighted by molar-refractivity contribution is -0.380. The molecule has 0 aliphatic carbocycles. The Balaban J connectivity index is 0.000000303. The zero-order valence-electron chi connectivity index (χ0n) is 17.4. The fraction of sp³-hybridized carbons (Fsp3) is 0.500. The van der Waals surface area contributed by atoms with Crippen molar-refractivity contribution >= 4 is 52.7 Å². The van der Waals surface area contributed by atoms with Gasteiger partial charge in [-0.15, -0.1) is 11.3 Å². The van der Waals surface area contributed by atoms with Crippen molar-refractivity contribution in [2.75, 3.05) is 5.73 Å². The average Bonchev–Trinajstić information content (AvgIpc) is 3.11. The molecule has 2 heterocycles. The van der Waals surface area contributed by atoms with E-state index in [1.807, 2.05) is 0 Å². The first-order chi connectivity index (χ1) is 13.3. The number of nitrogen functional groups attached to an aromatic ring is 1. The van der Waals surface area contributed by atoms with Crippen LogP contribution in [0, 0.1) is 10.1 Å². The maximum absolute atomic E-state index is 11.8. The van der Waals surface area contributed by atoms with Crippen LogP contribution in [0.25, 0.3) is 0 Å². The molecule has 2 aromatic rings. The topological polar surface area (TPSA) is 162 Å². The summed E-state index contributed by atoms with van der Waals surface area (Å²) in [6.45, 7) is 10.5. The Morgan fingerprint density at radius 2 is 1.23 bits per heavy atom. The Hall–Kier alpha value is -1.58. The summed E-state index contributed by atoms with van der Waals surface area (Å²) in [5.74, 6) is 0. The lowest BCUT2D eigenvalue weighted by Gasteiger charge is -2.19. The lowest BCUT2D eigenvalue weighted by atomic mass is 10.1. The zero-order valence-corrected chi connectivity index (χ0v) is 20.7. The number of rotatable bonds is 5. The first-order valence-electron chi connectivity index (χ1n) is 8.50. The van der Waals surface area contributed by atoms with E-state index in [2.05, 4.69) is 9.44 Å². The summed E-state index contributed by atoms with van der Waals surface area (Å²) >= 11 is 1.70. The van der Waals surface area contributed by atoms with E-state index >= 15 is 0 Å². The van der Waals surface area contributed by atoms with Gasteiger partial charge in [0, 0.05) is 17.1 Å². The number of hydrogen-bond donors (Lipinski definition) is 3. The van der Waals surface area contributed by atoms with Gasteiger partial charge >= 0.3 is 5.00 Å². The highest BCUT2D eigenvalue weighted by Crippen LogP contribution is 2.28. The minimum Gasteiger partial charge on any atom is -0.391 e. The van der Waals surface area contributed by atoms with Crippen LogP contribution < -0.4 is 15.2 Å². The number of hydrogen-bond acceptors (Lipinski definition) is 9. The molecule has 30 heavy (non-hydrogen) atoms. The standard InChI is InChI=1S/C8H12N2O4S2.C8H14N2O2S2/c1-8(2,3)9-16(13,14)7-5-4-6(15-7)10(11)12;1-8(2,3)10-14(11,12)7-5-4-6(9)13-7/h4-5,9H,1-3H3;4-5,10H,9H2,1-3H3. The van der Waals surface area contributed by atoms with E-state index in [4.69, 9.17) is 5.73 Å². The van der Waals surface area contributed by atoms with Crippen molar-refractivity contribution in [3.05, 3.63) is 34.4 Å². The van der Waals surface area contributed by atoms with Crippen LogP contribution in [0.3, 0.4) is 0 Å². The van der Waals surface area contributed by atoms with Crippen molar-refractivity contribution in [3.8, 4) is 0 Å². The van der Waals surface area contributed by atoms with E-state index in [0.717, 1.165) is 11.3 Å². The fourth-order valence-corrected chi connectivity index (χ4v) is 6.98. The Bertz CT molecular complexity index is 1090. The van der Waals surface area contributed by atoms with Crippen LogP contribution in [-0.2, 0) is 20.0 Å². The van der Waals surface area contributed by atoms with Gasteiger partial charge in [-0.25, -0.2) is 26.3 Å². The van der Waals surface area contributed by atoms with Crippen molar-refractivity contribution in [1.29, 1.82) is 0 Å². The Kier molecular flexibility index (Phi) is 8.18. The number of thiophene rings is 2. The van der Waals surface area contributed by atoms with Crippen LogP contribution in [-0.4, -0.2) is 32.8 Å². The molecule has 14 heteroatoms. The number of nitrogens with zero attached hydrogens (tertiary/aromatic N) is 1. The third-order valence-electron chi connectivity index (χ3n) is 2.76. The predicted octanol–water partition coefficient (Wildman–Crippen LogP) is 3.14. The van der Waals surface area contributed by atoms with Crippen LogP contribution in [0.1, 0.15) is 41.5 Å². The van der Waals surface area contributed by atoms with Gasteiger partial charge in [0.2, 0.25) is 0 Å². The number of anilines is 1. The molecule has 0 aliphatic heterocycles. The van der Waals surface area contributed by atoms with Crippen LogP contribution in [0.4, 0.5) is 10.0 Å². The smallest absolute Gasteiger partial charge is 0.325 e. The summed E-state index contributed by atoms with van der Waals surface area (Å²) in [6, 6.07) is 5.51. The first-order valence-corrected chi connectivity index (χ1v) is 13.1. The Morgan fingerprint density at radius 3 is 1.53 bits per heavy atom. The van der Waals surface area contributed by atoms with Crippen molar-refractivity contribution in [2.24, 2.45) is 0 Å². The minimum atomic E-state index is -3.67. The largest absolute Gasteiger partial charge is 0.391 e. The average molecular weight is 499 g/mol. The number of sulfonamides is 2. The van der Waals surface area contributed by atoms with E-state index in [1.165, 1.54) is 18.2 Å². The fourth-order valence-electron chi connectivity index (χ4n) is 1.94. The number of nitrogens with one attached hydrogen (secondary N) is 2. The van der Waals surface area contributed by atoms with Gasteiger partial charge in [0.25, 0.3) is 20.0 Å². The molecule has 0 fully saturated rings. The second kappa shape index (κ2) is 9.28. The second-order valence-corrected chi connectivity index (χ2v) is 14.2.